The summed E-state index contributed by atoms with van der Waals surface area (Å²) in [7, 11) is 0. The van der Waals surface area contributed by atoms with Crippen LogP contribution in [-0.2, 0) is 6.54 Å². The molecule has 6 heteroatoms. The number of aromatic nitrogens is 1. The van der Waals surface area contributed by atoms with E-state index in [0.717, 1.165) is 28.9 Å². The molecule has 1 heterocycles. The first-order valence-corrected chi connectivity index (χ1v) is 8.93. The van der Waals surface area contributed by atoms with Gasteiger partial charge in [0.2, 0.25) is 0 Å². The standard InChI is InChI=1S/C12H7Br5N/c13-8-7(6-18-4-2-1-3-5-18)9(14)11(16)12(17)10(8)15/h1-5H,6H2/q+1. The molecule has 1 aromatic carbocycles. The summed E-state index contributed by atoms with van der Waals surface area (Å²) in [5.41, 5.74) is 1.17. The average molecular weight is 565 g/mol. The summed E-state index contributed by atoms with van der Waals surface area (Å²) >= 11 is 18.0. The van der Waals surface area contributed by atoms with Gasteiger partial charge in [-0.1, -0.05) is 6.07 Å². The lowest BCUT2D eigenvalue weighted by Gasteiger charge is -2.11. The van der Waals surface area contributed by atoms with Crippen LogP contribution in [0.2, 0.25) is 0 Å². The predicted octanol–water partition coefficient (Wildman–Crippen LogP) is 5.83. The molecule has 18 heavy (non-hydrogen) atoms. The van der Waals surface area contributed by atoms with Gasteiger partial charge >= 0.3 is 0 Å². The van der Waals surface area contributed by atoms with Crippen molar-refractivity contribution in [2.24, 2.45) is 0 Å². The molecule has 0 spiro atoms. The molecular formula is C12H7Br5N+. The molecule has 0 saturated carbocycles. The van der Waals surface area contributed by atoms with Crippen LogP contribution in [0.15, 0.2) is 53.0 Å². The van der Waals surface area contributed by atoms with Gasteiger partial charge in [0.15, 0.2) is 18.9 Å². The highest BCUT2D eigenvalue weighted by Gasteiger charge is 2.19. The van der Waals surface area contributed by atoms with Gasteiger partial charge in [0.05, 0.1) is 0 Å². The van der Waals surface area contributed by atoms with Crippen LogP contribution in [-0.4, -0.2) is 0 Å². The molecule has 2 aromatic rings. The lowest BCUT2D eigenvalue weighted by Crippen LogP contribution is -2.33. The maximum Gasteiger partial charge on any atom is 0.176 e. The van der Waals surface area contributed by atoms with Crippen LogP contribution >= 0.6 is 79.6 Å². The van der Waals surface area contributed by atoms with Crippen molar-refractivity contribution in [3.05, 3.63) is 58.5 Å². The Morgan fingerprint density at radius 2 is 1.11 bits per heavy atom. The maximum absolute atomic E-state index is 3.63. The second-order valence-corrected chi connectivity index (χ2v) is 7.56. The molecule has 2 rings (SSSR count). The molecule has 0 aliphatic carbocycles. The van der Waals surface area contributed by atoms with Crippen LogP contribution in [0, 0.1) is 0 Å². The van der Waals surface area contributed by atoms with E-state index < -0.39 is 0 Å². The molecule has 0 unspecified atom stereocenters. The zero-order valence-corrected chi connectivity index (χ0v) is 16.9. The van der Waals surface area contributed by atoms with Gasteiger partial charge in [0.1, 0.15) is 0 Å². The zero-order chi connectivity index (χ0) is 13.3. The molecule has 0 amide bonds. The summed E-state index contributed by atoms with van der Waals surface area (Å²) in [5, 5.41) is 0. The predicted molar refractivity (Wildman–Crippen MR) is 90.7 cm³/mol. The van der Waals surface area contributed by atoms with Crippen LogP contribution in [0.25, 0.3) is 0 Å². The third-order valence-corrected chi connectivity index (χ3v) is 8.68. The van der Waals surface area contributed by atoms with E-state index in [9.17, 15) is 0 Å². The fourth-order valence-electron chi connectivity index (χ4n) is 1.51. The molecule has 1 aromatic heterocycles. The Balaban J connectivity index is 2.52. The van der Waals surface area contributed by atoms with Crippen molar-refractivity contribution in [2.75, 3.05) is 0 Å². The highest BCUT2D eigenvalue weighted by Crippen LogP contribution is 2.44. The lowest BCUT2D eigenvalue weighted by molar-refractivity contribution is -0.688. The van der Waals surface area contributed by atoms with Crippen molar-refractivity contribution in [3.8, 4) is 0 Å². The number of hydrogen-bond acceptors (Lipinski definition) is 0. The van der Waals surface area contributed by atoms with Crippen LogP contribution in [0.5, 0.6) is 0 Å². The van der Waals surface area contributed by atoms with Gasteiger partial charge in [-0.15, -0.1) is 0 Å². The Bertz CT molecular complexity index is 554. The van der Waals surface area contributed by atoms with Crippen LogP contribution in [0.1, 0.15) is 5.56 Å². The fraction of sp³-hybridized carbons (Fsp3) is 0.0833. The van der Waals surface area contributed by atoms with E-state index in [0.29, 0.717) is 0 Å². The van der Waals surface area contributed by atoms with Crippen LogP contribution < -0.4 is 4.57 Å². The summed E-state index contributed by atoms with van der Waals surface area (Å²) in [6, 6.07) is 6.05. The van der Waals surface area contributed by atoms with Crippen molar-refractivity contribution < 1.29 is 4.57 Å². The van der Waals surface area contributed by atoms with Gasteiger partial charge in [-0.2, -0.15) is 0 Å². The number of nitrogens with zero attached hydrogens (tertiary/aromatic N) is 1. The second-order valence-electron chi connectivity index (χ2n) is 3.60. The molecule has 0 aliphatic rings. The smallest absolute Gasteiger partial charge is 0.176 e. The number of hydrogen-bond donors (Lipinski definition) is 0. The van der Waals surface area contributed by atoms with Crippen molar-refractivity contribution in [2.45, 2.75) is 6.54 Å². The van der Waals surface area contributed by atoms with E-state index in [2.05, 4.69) is 84.2 Å². The molecule has 0 radical (unpaired) electrons. The Labute approximate surface area is 148 Å². The summed E-state index contributed by atoms with van der Waals surface area (Å²) in [4.78, 5) is 0. The zero-order valence-electron chi connectivity index (χ0n) is 8.93. The number of benzene rings is 1. The Morgan fingerprint density at radius 1 is 0.667 bits per heavy atom. The van der Waals surface area contributed by atoms with Gasteiger partial charge in [0.25, 0.3) is 0 Å². The van der Waals surface area contributed by atoms with Crippen molar-refractivity contribution >= 4 is 79.6 Å². The summed E-state index contributed by atoms with van der Waals surface area (Å²) in [6.07, 6.45) is 4.09. The van der Waals surface area contributed by atoms with Gasteiger partial charge < -0.3 is 0 Å². The SMILES string of the molecule is Brc1c(Br)c(Br)c(C[n+]2ccccc2)c(Br)c1Br. The Morgan fingerprint density at radius 3 is 1.61 bits per heavy atom. The quantitative estimate of drug-likeness (QED) is 0.245. The minimum absolute atomic E-state index is 0.784. The first kappa shape index (κ1) is 15.2. The van der Waals surface area contributed by atoms with Crippen molar-refractivity contribution in [3.63, 3.8) is 0 Å². The third-order valence-electron chi connectivity index (χ3n) is 2.42. The summed E-state index contributed by atoms with van der Waals surface area (Å²) in [6.45, 7) is 0.784. The van der Waals surface area contributed by atoms with E-state index in [1.807, 2.05) is 30.6 Å². The highest BCUT2D eigenvalue weighted by atomic mass is 79.9. The lowest BCUT2D eigenvalue weighted by atomic mass is 10.2. The molecule has 0 N–H and O–H groups in total. The highest BCUT2D eigenvalue weighted by molar-refractivity contribution is 9.15. The minimum Gasteiger partial charge on any atom is -0.201 e. The van der Waals surface area contributed by atoms with Gasteiger partial charge in [0, 0.05) is 40.1 Å². The molecule has 1 nitrogen and oxygen atoms in total. The molecule has 0 bridgehead atoms. The van der Waals surface area contributed by atoms with Gasteiger partial charge in [-0.3, -0.25) is 0 Å². The number of halogens is 5. The van der Waals surface area contributed by atoms with E-state index in [-0.39, 0.29) is 0 Å². The van der Waals surface area contributed by atoms with Gasteiger partial charge in [-0.05, 0) is 79.6 Å². The maximum atomic E-state index is 3.63. The monoisotopic (exact) mass is 560 g/mol. The minimum atomic E-state index is 0.784. The second kappa shape index (κ2) is 6.48. The topological polar surface area (TPSA) is 3.88 Å². The Hall–Kier alpha value is 0.770. The largest absolute Gasteiger partial charge is 0.201 e. The van der Waals surface area contributed by atoms with Crippen molar-refractivity contribution in [1.29, 1.82) is 0 Å². The number of rotatable bonds is 2. The first-order valence-electron chi connectivity index (χ1n) is 4.96. The fourth-order valence-corrected chi connectivity index (χ4v) is 4.89. The third kappa shape index (κ3) is 3.08. The van der Waals surface area contributed by atoms with E-state index in [1.165, 1.54) is 5.56 Å². The van der Waals surface area contributed by atoms with Gasteiger partial charge in [-0.25, -0.2) is 4.57 Å². The normalized spacial score (nSPS) is 10.7. The molecule has 94 valence electrons. The van der Waals surface area contributed by atoms with E-state index in [4.69, 9.17) is 0 Å². The van der Waals surface area contributed by atoms with E-state index in [1.54, 1.807) is 0 Å². The van der Waals surface area contributed by atoms with E-state index >= 15 is 0 Å². The van der Waals surface area contributed by atoms with Crippen molar-refractivity contribution in [1.82, 2.24) is 0 Å². The molecule has 0 fully saturated rings. The molecule has 0 saturated heterocycles. The molecule has 0 aliphatic heterocycles. The molecular weight excluding hydrogens is 558 g/mol. The first-order chi connectivity index (χ1) is 8.52. The van der Waals surface area contributed by atoms with Crippen LogP contribution in [0.4, 0.5) is 0 Å². The Kier molecular flexibility index (Phi) is 5.46. The summed E-state index contributed by atoms with van der Waals surface area (Å²) in [5.74, 6) is 0. The summed E-state index contributed by atoms with van der Waals surface area (Å²) < 4.78 is 7.20. The average Bonchev–Trinajstić information content (AvgIpc) is 2.40. The number of pyridine rings is 1. The van der Waals surface area contributed by atoms with Crippen LogP contribution in [0.3, 0.4) is 0 Å². The molecule has 0 atom stereocenters.